The van der Waals surface area contributed by atoms with Crippen molar-refractivity contribution in [3.8, 4) is 11.5 Å². The Labute approximate surface area is 249 Å². The van der Waals surface area contributed by atoms with Gasteiger partial charge in [0, 0.05) is 24.3 Å². The molecule has 0 bridgehead atoms. The SMILES string of the molecule is C[Si](C)(O[Si](C)(C)c1ccc(C(=O)Oc2ccc([N+](=O)[O-])cc2)cc1)c1ccc(C(=O)Oc2ccc([N+](=O)[O-])cc2)cc1. The Bertz CT molecular complexity index is 1530. The first kappa shape index (κ1) is 31.0. The van der Waals surface area contributed by atoms with Crippen LogP contribution in [0, 0.1) is 20.2 Å². The van der Waals surface area contributed by atoms with Gasteiger partial charge >= 0.3 is 11.9 Å². The molecule has 0 fully saturated rings. The summed E-state index contributed by atoms with van der Waals surface area (Å²) in [7, 11) is -4.88. The maximum absolute atomic E-state index is 12.6. The smallest absolute Gasteiger partial charge is 0.343 e. The van der Waals surface area contributed by atoms with E-state index in [4.69, 9.17) is 13.6 Å². The highest BCUT2D eigenvalue weighted by Gasteiger charge is 2.36. The monoisotopic (exact) mass is 616 g/mol. The van der Waals surface area contributed by atoms with Crippen molar-refractivity contribution in [2.24, 2.45) is 0 Å². The van der Waals surface area contributed by atoms with Crippen LogP contribution in [0.4, 0.5) is 11.4 Å². The summed E-state index contributed by atoms with van der Waals surface area (Å²) in [4.78, 5) is 45.8. The van der Waals surface area contributed by atoms with Crippen LogP contribution in [0.2, 0.25) is 26.2 Å². The van der Waals surface area contributed by atoms with Crippen LogP contribution in [0.5, 0.6) is 11.5 Å². The third-order valence-electron chi connectivity index (χ3n) is 6.66. The molecule has 0 spiro atoms. The predicted molar refractivity (Wildman–Crippen MR) is 164 cm³/mol. The number of carbonyl (C=O) groups excluding carboxylic acids is 2. The molecule has 43 heavy (non-hydrogen) atoms. The Morgan fingerprint density at radius 1 is 0.535 bits per heavy atom. The Balaban J connectivity index is 1.39. The number of nitro groups is 2. The summed E-state index contributed by atoms with van der Waals surface area (Å²) in [6, 6.07) is 24.6. The highest BCUT2D eigenvalue weighted by molar-refractivity contribution is 6.96. The summed E-state index contributed by atoms with van der Waals surface area (Å²) in [6.45, 7) is 8.29. The number of benzene rings is 4. The van der Waals surface area contributed by atoms with Crippen molar-refractivity contribution in [1.82, 2.24) is 0 Å². The lowest BCUT2D eigenvalue weighted by atomic mass is 10.2. The standard InChI is InChI=1S/C30H28N2O9Si2/c1-42(2,27-17-5-21(6-18-27)29(33)39-25-13-9-23(10-14-25)31(35)36)41-43(3,4)28-19-7-22(8-20-28)30(34)40-26-15-11-24(12-16-26)32(37)38/h5-20H,1-4H3. The van der Waals surface area contributed by atoms with Crippen molar-refractivity contribution in [3.05, 3.63) is 128 Å². The normalized spacial score (nSPS) is 11.4. The number of non-ortho nitro benzene ring substituents is 2. The minimum absolute atomic E-state index is 0.0963. The number of esters is 2. The Morgan fingerprint density at radius 2 is 0.837 bits per heavy atom. The maximum atomic E-state index is 12.6. The fraction of sp³-hybridized carbons (Fsp3) is 0.133. The molecule has 0 saturated heterocycles. The summed E-state index contributed by atoms with van der Waals surface area (Å²) in [5.41, 5.74) is 0.473. The molecule has 4 aromatic carbocycles. The molecule has 11 nitrogen and oxygen atoms in total. The van der Waals surface area contributed by atoms with E-state index >= 15 is 0 Å². The molecule has 0 aliphatic rings. The molecule has 0 atom stereocenters. The summed E-state index contributed by atoms with van der Waals surface area (Å²) in [5, 5.41) is 23.6. The first-order valence-electron chi connectivity index (χ1n) is 13.1. The molecule has 0 radical (unpaired) electrons. The second kappa shape index (κ2) is 12.5. The van der Waals surface area contributed by atoms with E-state index in [0.717, 1.165) is 10.4 Å². The summed E-state index contributed by atoms with van der Waals surface area (Å²) in [6.07, 6.45) is 0. The van der Waals surface area contributed by atoms with Crippen LogP contribution in [0.25, 0.3) is 0 Å². The van der Waals surface area contributed by atoms with Crippen LogP contribution in [0.3, 0.4) is 0 Å². The second-order valence-electron chi connectivity index (χ2n) is 10.6. The van der Waals surface area contributed by atoms with Crippen molar-refractivity contribution >= 4 is 50.3 Å². The third kappa shape index (κ3) is 7.65. The summed E-state index contributed by atoms with van der Waals surface area (Å²) < 4.78 is 17.5. The van der Waals surface area contributed by atoms with Gasteiger partial charge in [-0.15, -0.1) is 0 Å². The van der Waals surface area contributed by atoms with Gasteiger partial charge in [-0.2, -0.15) is 0 Å². The van der Waals surface area contributed by atoms with Crippen LogP contribution >= 0.6 is 0 Å². The number of rotatable bonds is 10. The van der Waals surface area contributed by atoms with Crippen LogP contribution in [-0.2, 0) is 4.12 Å². The lowest BCUT2D eigenvalue weighted by Gasteiger charge is -2.34. The molecule has 0 heterocycles. The van der Waals surface area contributed by atoms with Gasteiger partial charge in [0.1, 0.15) is 11.5 Å². The van der Waals surface area contributed by atoms with Gasteiger partial charge in [-0.25, -0.2) is 9.59 Å². The lowest BCUT2D eigenvalue weighted by molar-refractivity contribution is -0.385. The molecular formula is C30H28N2O9Si2. The molecule has 0 aliphatic carbocycles. The Kier molecular flexibility index (Phi) is 8.99. The molecule has 4 rings (SSSR count). The van der Waals surface area contributed by atoms with Crippen molar-refractivity contribution in [1.29, 1.82) is 0 Å². The highest BCUT2D eigenvalue weighted by atomic mass is 28.4. The van der Waals surface area contributed by atoms with E-state index in [2.05, 4.69) is 26.2 Å². The lowest BCUT2D eigenvalue weighted by Crippen LogP contribution is -2.57. The van der Waals surface area contributed by atoms with Gasteiger partial charge in [-0.05, 0) is 85.1 Å². The quantitative estimate of drug-likeness (QED) is 0.0742. The van der Waals surface area contributed by atoms with Gasteiger partial charge in [0.05, 0.1) is 21.0 Å². The average Bonchev–Trinajstić information content (AvgIpc) is 2.97. The van der Waals surface area contributed by atoms with Crippen molar-refractivity contribution in [2.75, 3.05) is 0 Å². The van der Waals surface area contributed by atoms with Gasteiger partial charge in [-0.1, -0.05) is 24.3 Å². The van der Waals surface area contributed by atoms with E-state index in [-0.39, 0.29) is 22.9 Å². The van der Waals surface area contributed by atoms with Gasteiger partial charge < -0.3 is 13.6 Å². The average molecular weight is 617 g/mol. The van der Waals surface area contributed by atoms with Crippen LogP contribution in [0.15, 0.2) is 97.1 Å². The molecule has 220 valence electrons. The zero-order valence-electron chi connectivity index (χ0n) is 23.8. The summed E-state index contributed by atoms with van der Waals surface area (Å²) in [5.74, 6) is -0.752. The zero-order valence-corrected chi connectivity index (χ0v) is 25.8. The molecule has 0 saturated carbocycles. The van der Waals surface area contributed by atoms with Gasteiger partial charge in [0.15, 0.2) is 0 Å². The number of nitrogens with zero attached hydrogens (tertiary/aromatic N) is 2. The fourth-order valence-corrected chi connectivity index (χ4v) is 12.4. The molecule has 0 N–H and O–H groups in total. The number of hydrogen-bond acceptors (Lipinski definition) is 9. The molecule has 13 heteroatoms. The first-order chi connectivity index (χ1) is 20.2. The molecule has 0 amide bonds. The topological polar surface area (TPSA) is 148 Å². The summed E-state index contributed by atoms with van der Waals surface area (Å²) >= 11 is 0. The number of ether oxygens (including phenoxy) is 2. The highest BCUT2D eigenvalue weighted by Crippen LogP contribution is 2.21. The largest absolute Gasteiger partial charge is 0.449 e. The van der Waals surface area contributed by atoms with Crippen molar-refractivity contribution < 1.29 is 33.0 Å². The van der Waals surface area contributed by atoms with Gasteiger partial charge in [0.25, 0.3) is 11.4 Å². The molecule has 0 unspecified atom stereocenters. The third-order valence-corrected chi connectivity index (χ3v) is 14.2. The van der Waals surface area contributed by atoms with Crippen LogP contribution in [-0.4, -0.2) is 38.4 Å². The van der Waals surface area contributed by atoms with Crippen molar-refractivity contribution in [3.63, 3.8) is 0 Å². The molecular weight excluding hydrogens is 589 g/mol. The molecule has 0 aliphatic heterocycles. The Morgan fingerprint density at radius 3 is 1.12 bits per heavy atom. The number of nitro benzene ring substituents is 2. The first-order valence-corrected chi connectivity index (χ1v) is 18.9. The van der Waals surface area contributed by atoms with E-state index in [1.54, 1.807) is 24.3 Å². The Hall–Kier alpha value is -4.99. The van der Waals surface area contributed by atoms with E-state index in [0.29, 0.717) is 11.1 Å². The number of hydrogen-bond donors (Lipinski definition) is 0. The number of carbonyl (C=O) groups is 2. The predicted octanol–water partition coefficient (Wildman–Crippen LogP) is 5.48. The second-order valence-corrected chi connectivity index (χ2v) is 18.6. The van der Waals surface area contributed by atoms with E-state index < -0.39 is 38.4 Å². The maximum Gasteiger partial charge on any atom is 0.343 e. The van der Waals surface area contributed by atoms with Crippen LogP contribution in [0.1, 0.15) is 20.7 Å². The van der Waals surface area contributed by atoms with E-state index in [9.17, 15) is 29.8 Å². The van der Waals surface area contributed by atoms with E-state index in [1.807, 2.05) is 24.3 Å². The minimum atomic E-state index is -2.44. The van der Waals surface area contributed by atoms with Crippen LogP contribution < -0.4 is 19.8 Å². The fourth-order valence-electron chi connectivity index (χ4n) is 4.37. The van der Waals surface area contributed by atoms with E-state index in [1.165, 1.54) is 48.5 Å². The van der Waals surface area contributed by atoms with Gasteiger partial charge in [0.2, 0.25) is 16.6 Å². The molecule has 4 aromatic rings. The van der Waals surface area contributed by atoms with Gasteiger partial charge in [-0.3, -0.25) is 20.2 Å². The van der Waals surface area contributed by atoms with Crippen molar-refractivity contribution in [2.45, 2.75) is 26.2 Å². The minimum Gasteiger partial charge on any atom is -0.449 e. The molecule has 0 aromatic heterocycles. The zero-order chi connectivity index (χ0) is 31.4.